The van der Waals surface area contributed by atoms with Gasteiger partial charge in [-0.15, -0.1) is 0 Å². The molecule has 2 rings (SSSR count). The molecule has 0 spiro atoms. The number of hydrogen-bond acceptors (Lipinski definition) is 4. The van der Waals surface area contributed by atoms with Crippen LogP contribution in [0.5, 0.6) is 0 Å². The third kappa shape index (κ3) is 4.07. The standard InChI is InChI=1S/C13H21N3O/c1-2-16-7-8-17-13(11-16)10-14-9-12-5-3-4-6-15-12/h3-6,13-14H,2,7-11H2,1H3. The molecule has 2 heterocycles. The summed E-state index contributed by atoms with van der Waals surface area (Å²) in [4.78, 5) is 6.71. The lowest BCUT2D eigenvalue weighted by Crippen LogP contribution is -2.46. The van der Waals surface area contributed by atoms with Gasteiger partial charge in [0.15, 0.2) is 0 Å². The molecule has 94 valence electrons. The Bertz CT molecular complexity index is 318. The Morgan fingerprint density at radius 3 is 3.24 bits per heavy atom. The number of morpholine rings is 1. The Hall–Kier alpha value is -0.970. The maximum absolute atomic E-state index is 5.72. The van der Waals surface area contributed by atoms with E-state index < -0.39 is 0 Å². The first-order valence-corrected chi connectivity index (χ1v) is 6.33. The minimum atomic E-state index is 0.312. The SMILES string of the molecule is CCN1CCOC(CNCc2ccccn2)C1. The van der Waals surface area contributed by atoms with Gasteiger partial charge in [-0.25, -0.2) is 0 Å². The highest BCUT2D eigenvalue weighted by Crippen LogP contribution is 2.04. The largest absolute Gasteiger partial charge is 0.374 e. The molecule has 17 heavy (non-hydrogen) atoms. The normalized spacial score (nSPS) is 21.6. The molecule has 4 nitrogen and oxygen atoms in total. The van der Waals surface area contributed by atoms with E-state index in [9.17, 15) is 0 Å². The highest BCUT2D eigenvalue weighted by molar-refractivity contribution is 5.02. The molecular formula is C13H21N3O. The van der Waals surface area contributed by atoms with Crippen LogP contribution < -0.4 is 5.32 Å². The zero-order valence-corrected chi connectivity index (χ0v) is 10.4. The van der Waals surface area contributed by atoms with Crippen molar-refractivity contribution >= 4 is 0 Å². The predicted molar refractivity (Wildman–Crippen MR) is 67.8 cm³/mol. The van der Waals surface area contributed by atoms with Gasteiger partial charge in [-0.2, -0.15) is 0 Å². The summed E-state index contributed by atoms with van der Waals surface area (Å²) in [6, 6.07) is 5.99. The first-order valence-electron chi connectivity index (χ1n) is 6.33. The van der Waals surface area contributed by atoms with E-state index in [2.05, 4.69) is 22.1 Å². The lowest BCUT2D eigenvalue weighted by Gasteiger charge is -2.32. The van der Waals surface area contributed by atoms with E-state index in [1.807, 2.05) is 24.4 Å². The van der Waals surface area contributed by atoms with Crippen molar-refractivity contribution in [2.45, 2.75) is 19.6 Å². The summed E-state index contributed by atoms with van der Waals surface area (Å²) in [6.07, 6.45) is 2.14. The Morgan fingerprint density at radius 2 is 2.47 bits per heavy atom. The van der Waals surface area contributed by atoms with Gasteiger partial charge in [0, 0.05) is 32.4 Å². The van der Waals surface area contributed by atoms with Crippen LogP contribution >= 0.6 is 0 Å². The molecule has 1 fully saturated rings. The quantitative estimate of drug-likeness (QED) is 0.822. The summed E-state index contributed by atoms with van der Waals surface area (Å²) >= 11 is 0. The summed E-state index contributed by atoms with van der Waals surface area (Å²) in [5.41, 5.74) is 1.08. The number of pyridine rings is 1. The maximum atomic E-state index is 5.72. The zero-order valence-electron chi connectivity index (χ0n) is 10.4. The van der Waals surface area contributed by atoms with E-state index in [0.29, 0.717) is 6.10 Å². The molecule has 1 N–H and O–H groups in total. The van der Waals surface area contributed by atoms with Crippen molar-refractivity contribution in [1.82, 2.24) is 15.2 Å². The molecule has 1 saturated heterocycles. The Labute approximate surface area is 103 Å². The molecule has 0 amide bonds. The molecule has 1 aliphatic rings. The maximum Gasteiger partial charge on any atom is 0.0826 e. The molecular weight excluding hydrogens is 214 g/mol. The molecule has 1 aromatic rings. The third-order valence-electron chi connectivity index (χ3n) is 3.07. The van der Waals surface area contributed by atoms with E-state index >= 15 is 0 Å². The molecule has 0 radical (unpaired) electrons. The highest BCUT2D eigenvalue weighted by atomic mass is 16.5. The fourth-order valence-electron chi connectivity index (χ4n) is 2.06. The fourth-order valence-corrected chi connectivity index (χ4v) is 2.06. The Balaban J connectivity index is 1.68. The van der Waals surface area contributed by atoms with Crippen molar-refractivity contribution in [3.8, 4) is 0 Å². The van der Waals surface area contributed by atoms with Gasteiger partial charge in [-0.3, -0.25) is 9.88 Å². The zero-order chi connectivity index (χ0) is 11.9. The minimum Gasteiger partial charge on any atom is -0.374 e. The van der Waals surface area contributed by atoms with Crippen molar-refractivity contribution in [3.05, 3.63) is 30.1 Å². The topological polar surface area (TPSA) is 37.4 Å². The second-order valence-electron chi connectivity index (χ2n) is 4.34. The van der Waals surface area contributed by atoms with Crippen LogP contribution in [-0.4, -0.2) is 48.8 Å². The van der Waals surface area contributed by atoms with Gasteiger partial charge < -0.3 is 10.1 Å². The molecule has 1 atom stereocenters. The average Bonchev–Trinajstić information content (AvgIpc) is 2.40. The van der Waals surface area contributed by atoms with Crippen molar-refractivity contribution < 1.29 is 4.74 Å². The van der Waals surface area contributed by atoms with Crippen molar-refractivity contribution in [3.63, 3.8) is 0 Å². The number of ether oxygens (including phenoxy) is 1. The van der Waals surface area contributed by atoms with Crippen LogP contribution in [0.4, 0.5) is 0 Å². The number of rotatable bonds is 5. The first-order chi connectivity index (χ1) is 8.38. The lowest BCUT2D eigenvalue weighted by molar-refractivity contribution is -0.0254. The van der Waals surface area contributed by atoms with Gasteiger partial charge in [0.1, 0.15) is 0 Å². The predicted octanol–water partition coefficient (Wildman–Crippen LogP) is 0.892. The number of aromatic nitrogens is 1. The van der Waals surface area contributed by atoms with E-state index in [-0.39, 0.29) is 0 Å². The van der Waals surface area contributed by atoms with Gasteiger partial charge in [-0.05, 0) is 18.7 Å². The summed E-state index contributed by atoms with van der Waals surface area (Å²) in [6.45, 7) is 7.96. The molecule has 1 aromatic heterocycles. The van der Waals surface area contributed by atoms with Crippen LogP contribution in [0.25, 0.3) is 0 Å². The van der Waals surface area contributed by atoms with E-state index in [1.165, 1.54) is 0 Å². The molecule has 1 aliphatic heterocycles. The van der Waals surface area contributed by atoms with Gasteiger partial charge in [-0.1, -0.05) is 13.0 Å². The minimum absolute atomic E-state index is 0.312. The fraction of sp³-hybridized carbons (Fsp3) is 0.615. The number of nitrogens with one attached hydrogen (secondary N) is 1. The van der Waals surface area contributed by atoms with E-state index in [4.69, 9.17) is 4.74 Å². The third-order valence-corrected chi connectivity index (χ3v) is 3.07. The summed E-state index contributed by atoms with van der Waals surface area (Å²) in [5, 5.41) is 3.40. The van der Waals surface area contributed by atoms with E-state index in [1.54, 1.807) is 0 Å². The van der Waals surface area contributed by atoms with Crippen LogP contribution in [0, 0.1) is 0 Å². The molecule has 0 bridgehead atoms. The van der Waals surface area contributed by atoms with Gasteiger partial charge in [0.25, 0.3) is 0 Å². The first kappa shape index (κ1) is 12.5. The molecule has 0 aromatic carbocycles. The van der Waals surface area contributed by atoms with Crippen LogP contribution in [0.3, 0.4) is 0 Å². The number of likely N-dealkylation sites (N-methyl/N-ethyl adjacent to an activating group) is 1. The highest BCUT2D eigenvalue weighted by Gasteiger charge is 2.18. The van der Waals surface area contributed by atoms with Gasteiger partial charge >= 0.3 is 0 Å². The number of nitrogens with zero attached hydrogens (tertiary/aromatic N) is 2. The van der Waals surface area contributed by atoms with E-state index in [0.717, 1.165) is 45.0 Å². The van der Waals surface area contributed by atoms with Crippen LogP contribution in [0.15, 0.2) is 24.4 Å². The lowest BCUT2D eigenvalue weighted by atomic mass is 10.2. The summed E-state index contributed by atoms with van der Waals surface area (Å²) in [5.74, 6) is 0. The molecule has 0 aliphatic carbocycles. The van der Waals surface area contributed by atoms with Gasteiger partial charge in [0.2, 0.25) is 0 Å². The van der Waals surface area contributed by atoms with Crippen molar-refractivity contribution in [2.75, 3.05) is 32.8 Å². The van der Waals surface area contributed by atoms with Crippen molar-refractivity contribution in [1.29, 1.82) is 0 Å². The van der Waals surface area contributed by atoms with Gasteiger partial charge in [0.05, 0.1) is 18.4 Å². The molecule has 0 saturated carbocycles. The van der Waals surface area contributed by atoms with Crippen LogP contribution in [0.1, 0.15) is 12.6 Å². The van der Waals surface area contributed by atoms with Crippen LogP contribution in [-0.2, 0) is 11.3 Å². The molecule has 1 unspecified atom stereocenters. The summed E-state index contributed by atoms with van der Waals surface area (Å²) < 4.78 is 5.72. The summed E-state index contributed by atoms with van der Waals surface area (Å²) in [7, 11) is 0. The van der Waals surface area contributed by atoms with Crippen molar-refractivity contribution in [2.24, 2.45) is 0 Å². The Kier molecular flexibility index (Phi) is 4.91. The smallest absolute Gasteiger partial charge is 0.0826 e. The average molecular weight is 235 g/mol. The second kappa shape index (κ2) is 6.69. The molecule has 4 heteroatoms. The van der Waals surface area contributed by atoms with Crippen LogP contribution in [0.2, 0.25) is 0 Å². The number of hydrogen-bond donors (Lipinski definition) is 1. The Morgan fingerprint density at radius 1 is 1.53 bits per heavy atom. The monoisotopic (exact) mass is 235 g/mol. The second-order valence-corrected chi connectivity index (χ2v) is 4.34.